The van der Waals surface area contributed by atoms with Crippen molar-refractivity contribution in [3.05, 3.63) is 83.7 Å². The van der Waals surface area contributed by atoms with E-state index >= 15 is 0 Å². The topological polar surface area (TPSA) is 106 Å². The van der Waals surface area contributed by atoms with Crippen LogP contribution >= 0.6 is 0 Å². The van der Waals surface area contributed by atoms with Gasteiger partial charge in [-0.05, 0) is 52.6 Å². The molecule has 1 amide bonds. The summed E-state index contributed by atoms with van der Waals surface area (Å²) in [6.45, 7) is 0. The van der Waals surface area contributed by atoms with Gasteiger partial charge in [-0.15, -0.1) is 0 Å². The van der Waals surface area contributed by atoms with Crippen molar-refractivity contribution in [1.82, 2.24) is 9.97 Å². The van der Waals surface area contributed by atoms with Gasteiger partial charge in [0.25, 0.3) is 9.84 Å². The van der Waals surface area contributed by atoms with E-state index in [1.807, 2.05) is 42.5 Å². The Bertz CT molecular complexity index is 1510. The molecule has 0 atom stereocenters. The van der Waals surface area contributed by atoms with Crippen LogP contribution in [0.2, 0.25) is 0 Å². The molecule has 0 radical (unpaired) electrons. The van der Waals surface area contributed by atoms with Crippen molar-refractivity contribution >= 4 is 38.9 Å². The molecular formula is C24H18F3N3O3S. The monoisotopic (exact) mass is 485 g/mol. The molecule has 10 heteroatoms. The predicted octanol–water partition coefficient (Wildman–Crippen LogP) is 4.72. The number of H-pyrrole nitrogens is 1. The quantitative estimate of drug-likeness (QED) is 0.412. The van der Waals surface area contributed by atoms with Crippen molar-refractivity contribution in [3.63, 3.8) is 0 Å². The first-order chi connectivity index (χ1) is 16.0. The van der Waals surface area contributed by atoms with E-state index in [9.17, 15) is 26.4 Å². The number of imidazole rings is 1. The number of alkyl halides is 3. The minimum absolute atomic E-state index is 0.119. The summed E-state index contributed by atoms with van der Waals surface area (Å²) in [5, 5.41) is 0. The molecule has 174 valence electrons. The molecule has 0 saturated carbocycles. The Morgan fingerprint density at radius 2 is 1.71 bits per heavy atom. The fourth-order valence-electron chi connectivity index (χ4n) is 3.49. The average molecular weight is 485 g/mol. The Labute approximate surface area is 192 Å². The first-order valence-corrected chi connectivity index (χ1v) is 11.5. The smallest absolute Gasteiger partial charge is 0.369 e. The van der Waals surface area contributed by atoms with Crippen LogP contribution in [0.15, 0.2) is 71.6 Å². The van der Waals surface area contributed by atoms with Crippen LogP contribution in [0.1, 0.15) is 17.0 Å². The van der Waals surface area contributed by atoms with Crippen molar-refractivity contribution in [2.45, 2.75) is 16.8 Å². The fraction of sp³-hybridized carbons (Fsp3) is 0.0833. The summed E-state index contributed by atoms with van der Waals surface area (Å²) in [6, 6.07) is 17.5. The van der Waals surface area contributed by atoms with E-state index in [2.05, 4.69) is 9.97 Å². The van der Waals surface area contributed by atoms with Gasteiger partial charge in [0.2, 0.25) is 5.91 Å². The first kappa shape index (κ1) is 23.2. The number of halogens is 3. The molecule has 0 spiro atoms. The molecule has 4 rings (SSSR count). The van der Waals surface area contributed by atoms with E-state index in [-0.39, 0.29) is 6.42 Å². The lowest BCUT2D eigenvalue weighted by molar-refractivity contribution is -0.117. The van der Waals surface area contributed by atoms with Crippen LogP contribution in [0, 0.1) is 0 Å². The first-order valence-electron chi connectivity index (χ1n) is 10.0. The van der Waals surface area contributed by atoms with Crippen LogP contribution in [0.5, 0.6) is 0 Å². The summed E-state index contributed by atoms with van der Waals surface area (Å²) in [6.07, 6.45) is 3.35. The Morgan fingerprint density at radius 1 is 1.00 bits per heavy atom. The number of amides is 1. The number of rotatable bonds is 6. The van der Waals surface area contributed by atoms with E-state index in [0.717, 1.165) is 34.3 Å². The zero-order chi connectivity index (χ0) is 24.5. The molecule has 1 aromatic heterocycles. The summed E-state index contributed by atoms with van der Waals surface area (Å²) < 4.78 is 60.9. The van der Waals surface area contributed by atoms with Crippen LogP contribution in [0.4, 0.5) is 13.2 Å². The lowest BCUT2D eigenvalue weighted by Crippen LogP contribution is -2.23. The molecule has 6 nitrogen and oxygen atoms in total. The molecule has 4 aromatic rings. The number of hydrogen-bond donors (Lipinski definition) is 2. The second kappa shape index (κ2) is 8.79. The van der Waals surface area contributed by atoms with Crippen molar-refractivity contribution in [2.75, 3.05) is 0 Å². The van der Waals surface area contributed by atoms with E-state index in [4.69, 9.17) is 5.73 Å². The number of benzene rings is 3. The zero-order valence-electron chi connectivity index (χ0n) is 17.5. The van der Waals surface area contributed by atoms with Crippen molar-refractivity contribution in [2.24, 2.45) is 5.73 Å². The van der Waals surface area contributed by atoms with Gasteiger partial charge in [-0.1, -0.05) is 48.5 Å². The van der Waals surface area contributed by atoms with Gasteiger partial charge in [0.15, 0.2) is 0 Å². The maximum Gasteiger partial charge on any atom is 0.501 e. The SMILES string of the molecule is NC(=O)Cc1ccccc1-c1ccc2nc(/C=C/c3ccc(S(=O)(=O)C(F)(F)F)cc3)[nH]c2c1. The van der Waals surface area contributed by atoms with E-state index < -0.39 is 26.1 Å². The molecule has 34 heavy (non-hydrogen) atoms. The van der Waals surface area contributed by atoms with Gasteiger partial charge < -0.3 is 10.7 Å². The number of hydrogen-bond acceptors (Lipinski definition) is 4. The van der Waals surface area contributed by atoms with E-state index in [0.29, 0.717) is 16.9 Å². The number of carbonyl (C=O) groups excluding carboxylic acids is 1. The maximum absolute atomic E-state index is 12.7. The number of nitrogens with zero attached hydrogens (tertiary/aromatic N) is 1. The third-order valence-electron chi connectivity index (χ3n) is 5.12. The van der Waals surface area contributed by atoms with E-state index in [1.165, 1.54) is 12.1 Å². The molecule has 3 N–H and O–H groups in total. The molecule has 0 aliphatic heterocycles. The summed E-state index contributed by atoms with van der Waals surface area (Å²) in [5.41, 5.74) is 4.52. The van der Waals surface area contributed by atoms with E-state index in [1.54, 1.807) is 12.2 Å². The van der Waals surface area contributed by atoms with Crippen molar-refractivity contribution < 1.29 is 26.4 Å². The number of aromatic amines is 1. The summed E-state index contributed by atoms with van der Waals surface area (Å²) in [5.74, 6) is 0.0797. The zero-order valence-corrected chi connectivity index (χ0v) is 18.3. The third-order valence-corrected chi connectivity index (χ3v) is 6.62. The largest absolute Gasteiger partial charge is 0.501 e. The highest BCUT2D eigenvalue weighted by molar-refractivity contribution is 7.92. The lowest BCUT2D eigenvalue weighted by atomic mass is 9.97. The Balaban J connectivity index is 1.58. The molecule has 0 unspecified atom stereocenters. The Morgan fingerprint density at radius 3 is 2.38 bits per heavy atom. The maximum atomic E-state index is 12.7. The standard InChI is InChI=1S/C24H18F3N3O3S/c25-24(26,27)34(32,33)18-9-5-15(6-10-18)7-12-23-29-20-11-8-17(13-21(20)30-23)19-4-2-1-3-16(19)14-22(28)31/h1-13H,14H2,(H2,28,31)(H,29,30)/b12-7+. The molecule has 0 aliphatic rings. The Kier molecular flexibility index (Phi) is 6.01. The number of fused-ring (bicyclic) bond motifs is 1. The van der Waals surface area contributed by atoms with Crippen LogP contribution in [0.25, 0.3) is 34.3 Å². The van der Waals surface area contributed by atoms with Crippen LogP contribution in [-0.4, -0.2) is 29.8 Å². The fourth-order valence-corrected chi connectivity index (χ4v) is 4.25. The van der Waals surface area contributed by atoms with Crippen LogP contribution < -0.4 is 5.73 Å². The molecule has 0 saturated heterocycles. The highest BCUT2D eigenvalue weighted by Gasteiger charge is 2.46. The molecule has 0 fully saturated rings. The van der Waals surface area contributed by atoms with Gasteiger partial charge in [-0.3, -0.25) is 4.79 Å². The van der Waals surface area contributed by atoms with Crippen LogP contribution in [0.3, 0.4) is 0 Å². The molecule has 1 heterocycles. The summed E-state index contributed by atoms with van der Waals surface area (Å²) in [7, 11) is -5.38. The number of carbonyl (C=O) groups is 1. The highest BCUT2D eigenvalue weighted by atomic mass is 32.2. The summed E-state index contributed by atoms with van der Waals surface area (Å²) >= 11 is 0. The minimum Gasteiger partial charge on any atom is -0.369 e. The third kappa shape index (κ3) is 4.72. The van der Waals surface area contributed by atoms with Gasteiger partial charge >= 0.3 is 5.51 Å². The normalized spacial score (nSPS) is 12.4. The number of aromatic nitrogens is 2. The van der Waals surface area contributed by atoms with Crippen molar-refractivity contribution in [1.29, 1.82) is 0 Å². The van der Waals surface area contributed by atoms with Gasteiger partial charge in [0.05, 0.1) is 22.3 Å². The van der Waals surface area contributed by atoms with Crippen molar-refractivity contribution in [3.8, 4) is 11.1 Å². The average Bonchev–Trinajstić information content (AvgIpc) is 3.19. The van der Waals surface area contributed by atoms with Gasteiger partial charge in [-0.25, -0.2) is 13.4 Å². The van der Waals surface area contributed by atoms with Crippen LogP contribution in [-0.2, 0) is 21.1 Å². The molecule has 0 aliphatic carbocycles. The summed E-state index contributed by atoms with van der Waals surface area (Å²) in [4.78, 5) is 18.2. The number of nitrogens with one attached hydrogen (secondary N) is 1. The highest BCUT2D eigenvalue weighted by Crippen LogP contribution is 2.30. The second-order valence-electron chi connectivity index (χ2n) is 7.51. The second-order valence-corrected chi connectivity index (χ2v) is 9.45. The predicted molar refractivity (Wildman–Crippen MR) is 123 cm³/mol. The lowest BCUT2D eigenvalue weighted by Gasteiger charge is -2.08. The van der Waals surface area contributed by atoms with Gasteiger partial charge in [0.1, 0.15) is 5.82 Å². The molecule has 3 aromatic carbocycles. The number of sulfone groups is 1. The number of primary amides is 1. The molecule has 0 bridgehead atoms. The number of nitrogens with two attached hydrogens (primary N) is 1. The van der Waals surface area contributed by atoms with Gasteiger partial charge in [0, 0.05) is 0 Å². The molecular weight excluding hydrogens is 467 g/mol. The minimum atomic E-state index is -5.38. The Hall–Kier alpha value is -3.92. The van der Waals surface area contributed by atoms with Gasteiger partial charge in [-0.2, -0.15) is 13.2 Å².